The highest BCUT2D eigenvalue weighted by atomic mass is 16.4. The fourth-order valence-corrected chi connectivity index (χ4v) is 12.4. The first kappa shape index (κ1) is 48.4. The van der Waals surface area contributed by atoms with Gasteiger partial charge in [0.05, 0.1) is 29.5 Å². The second-order valence-electron chi connectivity index (χ2n) is 20.1. The maximum Gasteiger partial charge on any atom is 0.309 e. The number of aliphatic carboxylic acids is 1. The number of aliphatic hydroxyl groups is 3. The lowest BCUT2D eigenvalue weighted by atomic mass is 9.65. The Labute approximate surface area is 386 Å². The van der Waals surface area contributed by atoms with Crippen molar-refractivity contribution in [2.75, 3.05) is 20.1 Å². The molecule has 0 bridgehead atoms. The Balaban J connectivity index is 1.20. The number of benzene rings is 2. The fraction of sp³-hybridized carbons (Fsp3) is 0.574. The number of carboxylic acid groups (broad SMARTS) is 1. The number of dihydropyridines is 1. The molecule has 11 atom stereocenters. The summed E-state index contributed by atoms with van der Waals surface area (Å²) in [4.78, 5) is 17.1. The van der Waals surface area contributed by atoms with E-state index < -0.39 is 29.5 Å². The normalized spacial score (nSPS) is 30.5. The lowest BCUT2D eigenvalue weighted by Gasteiger charge is -2.44. The number of unbranched alkanes of at least 4 members (excludes halogenated alkanes) is 3. The zero-order valence-corrected chi connectivity index (χ0v) is 38.7. The number of carbonyl (C=O) groups is 1. The van der Waals surface area contributed by atoms with E-state index in [1.807, 2.05) is 49.5 Å². The molecule has 0 amide bonds. The molecule has 11 unspecified atom stereocenters. The molecule has 3 aromatic rings. The van der Waals surface area contributed by atoms with Crippen molar-refractivity contribution in [1.29, 1.82) is 0 Å². The number of phenols is 2. The summed E-state index contributed by atoms with van der Waals surface area (Å²) >= 11 is 0. The molecule has 2 saturated carbocycles. The average Bonchev–Trinajstić information content (AvgIpc) is 3.89. The van der Waals surface area contributed by atoms with Gasteiger partial charge in [0, 0.05) is 65.8 Å². The summed E-state index contributed by atoms with van der Waals surface area (Å²) in [6.45, 7) is 3.27. The van der Waals surface area contributed by atoms with Crippen LogP contribution in [0.2, 0.25) is 0 Å². The number of aromatic amines is 1. The molecule has 2 heterocycles. The van der Waals surface area contributed by atoms with E-state index in [1.54, 1.807) is 6.07 Å². The molecule has 11 nitrogen and oxygen atoms in total. The molecule has 0 spiro atoms. The van der Waals surface area contributed by atoms with Gasteiger partial charge in [0.1, 0.15) is 11.5 Å². The van der Waals surface area contributed by atoms with Crippen molar-refractivity contribution in [1.82, 2.24) is 15.6 Å². The molecule has 7 rings (SSSR count). The van der Waals surface area contributed by atoms with Gasteiger partial charge in [0.2, 0.25) is 0 Å². The summed E-state index contributed by atoms with van der Waals surface area (Å²) in [5.74, 6) is -1.92. The molecule has 0 saturated heterocycles. The zero-order chi connectivity index (χ0) is 46.1. The van der Waals surface area contributed by atoms with E-state index in [0.717, 1.165) is 67.5 Å². The maximum absolute atomic E-state index is 13.3. The van der Waals surface area contributed by atoms with Crippen molar-refractivity contribution >= 4 is 5.97 Å². The smallest absolute Gasteiger partial charge is 0.309 e. The average molecular weight is 893 g/mol. The predicted octanol–water partition coefficient (Wildman–Crippen LogP) is 8.64. The number of nitrogens with two attached hydrogens (primary N) is 1. The number of hydrogen-bond donors (Lipinski definition) is 10. The van der Waals surface area contributed by atoms with E-state index in [4.69, 9.17) is 5.73 Å². The van der Waals surface area contributed by atoms with E-state index in [0.29, 0.717) is 68.1 Å². The minimum absolute atomic E-state index is 0.00486. The second kappa shape index (κ2) is 22.3. The van der Waals surface area contributed by atoms with E-state index in [2.05, 4.69) is 46.8 Å². The number of H-pyrrole nitrogens is 1. The first-order valence-electron chi connectivity index (χ1n) is 24.7. The first-order chi connectivity index (χ1) is 31.4. The van der Waals surface area contributed by atoms with E-state index in [9.17, 15) is 35.4 Å². The van der Waals surface area contributed by atoms with Crippen molar-refractivity contribution in [3.63, 3.8) is 0 Å². The number of hydrogen-bond acceptors (Lipinski definition) is 9. The summed E-state index contributed by atoms with van der Waals surface area (Å²) in [6.07, 6.45) is 19.5. The van der Waals surface area contributed by atoms with Gasteiger partial charge < -0.3 is 52.0 Å². The lowest BCUT2D eigenvalue weighted by Crippen LogP contribution is -2.51. The maximum atomic E-state index is 13.3. The third-order valence-corrected chi connectivity index (χ3v) is 15.6. The van der Waals surface area contributed by atoms with Gasteiger partial charge in [-0.25, -0.2) is 0 Å². The second-order valence-corrected chi connectivity index (χ2v) is 20.1. The van der Waals surface area contributed by atoms with Gasteiger partial charge in [0.15, 0.2) is 0 Å². The number of aromatic nitrogens is 1. The minimum atomic E-state index is -1.23. The van der Waals surface area contributed by atoms with Gasteiger partial charge in [-0.3, -0.25) is 4.79 Å². The Kier molecular flexibility index (Phi) is 16.6. The molecule has 65 heavy (non-hydrogen) atoms. The molecule has 0 radical (unpaired) electrons. The van der Waals surface area contributed by atoms with Crippen LogP contribution >= 0.6 is 0 Å². The number of aromatic hydroxyl groups is 2. The van der Waals surface area contributed by atoms with Gasteiger partial charge in [-0.1, -0.05) is 87.6 Å². The minimum Gasteiger partial charge on any atom is -0.508 e. The monoisotopic (exact) mass is 893 g/mol. The van der Waals surface area contributed by atoms with Gasteiger partial charge >= 0.3 is 5.97 Å². The molecule has 1 aromatic heterocycles. The van der Waals surface area contributed by atoms with Crippen LogP contribution in [0.5, 0.6) is 11.5 Å². The fourth-order valence-electron chi connectivity index (χ4n) is 12.4. The number of rotatable bonds is 18. The molecular formula is C54H76N4O7. The number of phenolic OH excluding ortho intramolecular Hbond substituents is 2. The van der Waals surface area contributed by atoms with Crippen molar-refractivity contribution < 1.29 is 35.4 Å². The molecule has 11 heteroatoms. The molecule has 1 aliphatic heterocycles. The number of aliphatic hydroxyl groups excluding tert-OH is 2. The molecule has 4 aliphatic rings. The van der Waals surface area contributed by atoms with Gasteiger partial charge in [-0.15, -0.1) is 0 Å². The Hall–Kier alpha value is -4.55. The van der Waals surface area contributed by atoms with Crippen LogP contribution in [0.1, 0.15) is 126 Å². The van der Waals surface area contributed by atoms with Crippen molar-refractivity contribution in [2.45, 2.75) is 133 Å². The van der Waals surface area contributed by atoms with E-state index >= 15 is 0 Å². The third-order valence-electron chi connectivity index (χ3n) is 15.6. The number of fused-ring (bicyclic) bond motifs is 1. The van der Waals surface area contributed by atoms with Crippen LogP contribution in [0, 0.1) is 41.4 Å². The summed E-state index contributed by atoms with van der Waals surface area (Å²) < 4.78 is 0. The first-order valence-corrected chi connectivity index (χ1v) is 24.7. The van der Waals surface area contributed by atoms with Crippen LogP contribution in [0.4, 0.5) is 0 Å². The SMILES string of the molecule is CCCCCC1C=CC(CCCCC2CCC(c3ccc(-c4cc(O)cc(O)c4Cc4ccccc4)[nH]3)C3CC(CC4=CCNC(N)=C4)CC3(O)C(CNC)CC(O)C2C(=O)O)C(O)C1. The van der Waals surface area contributed by atoms with Crippen molar-refractivity contribution in [2.24, 2.45) is 47.2 Å². The zero-order valence-electron chi connectivity index (χ0n) is 38.7. The highest BCUT2D eigenvalue weighted by molar-refractivity contribution is 5.71. The Morgan fingerprint density at radius 2 is 1.71 bits per heavy atom. The largest absolute Gasteiger partial charge is 0.508 e. The summed E-state index contributed by atoms with van der Waals surface area (Å²) in [5, 5.41) is 75.8. The highest BCUT2D eigenvalue weighted by Crippen LogP contribution is 2.55. The standard InChI is InChI=1S/C54H76N4O7/c1-3-4-6-11-35-16-17-38(48(60)27-35)14-9-10-15-39-18-19-42(46-20-21-47(58-46)43-30-41(59)31-49(61)44(43)25-34-12-7-5-8-13-34)45-26-37(24-36-22-23-57-51(55)28-36)32-54(45,65)40(33-56-2)29-50(62)52(39)53(63)64/h5,7-8,12-13,16-17,20-22,28,30-31,35,37-40,42,45,48,50,52,56-62,65H,3-4,6,9-11,14-15,18-19,23-27,29,32-33,55H2,1-2H3,(H,63,64). The van der Waals surface area contributed by atoms with Crippen LogP contribution in [0.3, 0.4) is 0 Å². The van der Waals surface area contributed by atoms with Crippen molar-refractivity contribution in [3.8, 4) is 22.8 Å². The summed E-state index contributed by atoms with van der Waals surface area (Å²) in [7, 11) is 1.85. The van der Waals surface area contributed by atoms with Crippen LogP contribution in [0.25, 0.3) is 11.3 Å². The van der Waals surface area contributed by atoms with E-state index in [1.165, 1.54) is 25.3 Å². The number of nitrogens with one attached hydrogen (secondary N) is 3. The van der Waals surface area contributed by atoms with Crippen LogP contribution in [-0.4, -0.2) is 79.5 Å². The summed E-state index contributed by atoms with van der Waals surface area (Å²) in [6, 6.07) is 17.0. The Morgan fingerprint density at radius 3 is 2.45 bits per heavy atom. The molecule has 11 N–H and O–H groups in total. The highest BCUT2D eigenvalue weighted by Gasteiger charge is 2.55. The Morgan fingerprint density at radius 1 is 0.923 bits per heavy atom. The molecule has 2 fully saturated rings. The van der Waals surface area contributed by atoms with E-state index in [-0.39, 0.29) is 53.6 Å². The molecular weight excluding hydrogens is 817 g/mol. The molecule has 2 aromatic carbocycles. The Bertz CT molecular complexity index is 2120. The van der Waals surface area contributed by atoms with Gasteiger partial charge in [-0.2, -0.15) is 0 Å². The van der Waals surface area contributed by atoms with Gasteiger partial charge in [-0.05, 0) is 130 Å². The quantitative estimate of drug-likeness (QED) is 0.0435. The predicted molar refractivity (Wildman–Crippen MR) is 257 cm³/mol. The van der Waals surface area contributed by atoms with Crippen LogP contribution in [-0.2, 0) is 11.2 Å². The third kappa shape index (κ3) is 11.9. The lowest BCUT2D eigenvalue weighted by molar-refractivity contribution is -0.152. The van der Waals surface area contributed by atoms with Crippen LogP contribution in [0.15, 0.2) is 90.3 Å². The number of carboxylic acids is 1. The number of allylic oxidation sites excluding steroid dienone is 3. The van der Waals surface area contributed by atoms with Crippen LogP contribution < -0.4 is 16.4 Å². The van der Waals surface area contributed by atoms with Crippen molar-refractivity contribution in [3.05, 3.63) is 107 Å². The molecule has 3 aliphatic carbocycles. The summed E-state index contributed by atoms with van der Waals surface area (Å²) in [5.41, 5.74) is 10.2. The molecule has 354 valence electrons. The van der Waals surface area contributed by atoms with Gasteiger partial charge in [0.25, 0.3) is 0 Å². The topological polar surface area (TPSA) is 204 Å².